The molecule has 8 aromatic rings. The second kappa shape index (κ2) is 14.0. The van der Waals surface area contributed by atoms with Crippen LogP contribution < -0.4 is 5.56 Å². The minimum Gasteiger partial charge on any atom is -0.267 e. The predicted octanol–water partition coefficient (Wildman–Crippen LogP) is 8.35. The van der Waals surface area contributed by atoms with Crippen LogP contribution in [0.1, 0.15) is 42.0 Å². The molecule has 0 radical (unpaired) electrons. The SMILES string of the molecule is CCCCn1c(=O)c2cc(F)cnc2n1Cc1ccc(-c2ccccc2-c2nnn(C(c3ccccc3)(c3ccccc3)c3ccccc3)n2)cc1. The molecule has 9 heteroatoms. The first-order chi connectivity index (χ1) is 25.6. The lowest BCUT2D eigenvalue weighted by molar-refractivity contribution is 0.396. The lowest BCUT2D eigenvalue weighted by Crippen LogP contribution is -2.39. The lowest BCUT2D eigenvalue weighted by Gasteiger charge is -2.34. The number of hydrogen-bond acceptors (Lipinski definition) is 5. The highest BCUT2D eigenvalue weighted by Gasteiger charge is 2.41. The molecule has 0 saturated heterocycles. The van der Waals surface area contributed by atoms with Gasteiger partial charge in [0.05, 0.1) is 18.1 Å². The van der Waals surface area contributed by atoms with E-state index in [1.54, 1.807) is 9.48 Å². The van der Waals surface area contributed by atoms with Crippen molar-refractivity contribution in [2.45, 2.75) is 38.4 Å². The molecule has 0 amide bonds. The number of hydrogen-bond donors (Lipinski definition) is 0. The van der Waals surface area contributed by atoms with Gasteiger partial charge < -0.3 is 0 Å². The van der Waals surface area contributed by atoms with Crippen molar-refractivity contribution < 1.29 is 4.39 Å². The fourth-order valence-corrected chi connectivity index (χ4v) is 7.09. The van der Waals surface area contributed by atoms with E-state index in [9.17, 15) is 9.18 Å². The molecule has 256 valence electrons. The molecule has 0 fully saturated rings. The topological polar surface area (TPSA) is 83.4 Å². The summed E-state index contributed by atoms with van der Waals surface area (Å²) in [5.41, 5.74) is 6.17. The molecule has 0 spiro atoms. The number of pyridine rings is 1. The molecule has 0 atom stereocenters. The Labute approximate surface area is 300 Å². The average molecular weight is 686 g/mol. The monoisotopic (exact) mass is 685 g/mol. The highest BCUT2D eigenvalue weighted by Crippen LogP contribution is 2.40. The van der Waals surface area contributed by atoms with Crippen LogP contribution in [0.5, 0.6) is 0 Å². The van der Waals surface area contributed by atoms with E-state index in [2.05, 4.69) is 66.5 Å². The molecule has 0 N–H and O–H groups in total. The van der Waals surface area contributed by atoms with Crippen molar-refractivity contribution in [1.82, 2.24) is 34.6 Å². The van der Waals surface area contributed by atoms with E-state index < -0.39 is 11.4 Å². The van der Waals surface area contributed by atoms with E-state index in [0.29, 0.717) is 24.6 Å². The molecular weight excluding hydrogens is 650 g/mol. The minimum absolute atomic E-state index is 0.225. The van der Waals surface area contributed by atoms with E-state index >= 15 is 0 Å². The average Bonchev–Trinajstić information content (AvgIpc) is 3.79. The van der Waals surface area contributed by atoms with Crippen LogP contribution in [0.25, 0.3) is 33.5 Å². The molecule has 3 heterocycles. The maximum Gasteiger partial charge on any atom is 0.276 e. The van der Waals surface area contributed by atoms with Crippen LogP contribution in [-0.2, 0) is 18.6 Å². The van der Waals surface area contributed by atoms with Gasteiger partial charge in [0.25, 0.3) is 5.56 Å². The first-order valence-electron chi connectivity index (χ1n) is 17.5. The normalized spacial score (nSPS) is 11.7. The van der Waals surface area contributed by atoms with Crippen molar-refractivity contribution in [3.8, 4) is 22.5 Å². The Hall–Kier alpha value is -6.48. The molecule has 0 aliphatic rings. The van der Waals surface area contributed by atoms with Crippen LogP contribution >= 0.6 is 0 Å². The van der Waals surface area contributed by atoms with Crippen LogP contribution in [0, 0.1) is 5.82 Å². The van der Waals surface area contributed by atoms with E-state index in [4.69, 9.17) is 15.4 Å². The van der Waals surface area contributed by atoms with Gasteiger partial charge in [0.2, 0.25) is 5.82 Å². The number of halogens is 1. The van der Waals surface area contributed by atoms with Gasteiger partial charge in [-0.25, -0.2) is 14.1 Å². The zero-order valence-electron chi connectivity index (χ0n) is 28.7. The Kier molecular flexibility index (Phi) is 8.83. The zero-order valence-corrected chi connectivity index (χ0v) is 28.7. The number of aromatic nitrogens is 7. The third kappa shape index (κ3) is 5.80. The Morgan fingerprint density at radius 2 is 1.27 bits per heavy atom. The van der Waals surface area contributed by atoms with Crippen molar-refractivity contribution in [3.63, 3.8) is 0 Å². The number of tetrazole rings is 1. The summed E-state index contributed by atoms with van der Waals surface area (Å²) in [7, 11) is 0. The van der Waals surface area contributed by atoms with Gasteiger partial charge in [-0.05, 0) is 51.1 Å². The van der Waals surface area contributed by atoms with Crippen LogP contribution in [0.3, 0.4) is 0 Å². The third-order valence-electron chi connectivity index (χ3n) is 9.61. The maximum absolute atomic E-state index is 14.1. The van der Waals surface area contributed by atoms with Crippen LogP contribution in [0.15, 0.2) is 157 Å². The van der Waals surface area contributed by atoms with Crippen molar-refractivity contribution in [2.75, 3.05) is 0 Å². The summed E-state index contributed by atoms with van der Waals surface area (Å²) < 4.78 is 17.6. The molecular formula is C43H36FN7O. The van der Waals surface area contributed by atoms with Gasteiger partial charge >= 0.3 is 0 Å². The summed E-state index contributed by atoms with van der Waals surface area (Å²) >= 11 is 0. The third-order valence-corrected chi connectivity index (χ3v) is 9.61. The molecule has 8 rings (SSSR count). The molecule has 0 bridgehead atoms. The quantitative estimate of drug-likeness (QED) is 0.128. The number of benzene rings is 5. The van der Waals surface area contributed by atoms with Gasteiger partial charge in [-0.15, -0.1) is 15.0 Å². The summed E-state index contributed by atoms with van der Waals surface area (Å²) in [6.45, 7) is 3.03. The fraction of sp³-hybridized carbons (Fsp3) is 0.140. The van der Waals surface area contributed by atoms with E-state index in [1.807, 2.05) is 89.6 Å². The van der Waals surface area contributed by atoms with E-state index in [1.165, 1.54) is 6.07 Å². The van der Waals surface area contributed by atoms with Crippen LogP contribution in [0.4, 0.5) is 4.39 Å². The molecule has 5 aromatic carbocycles. The van der Waals surface area contributed by atoms with Crippen molar-refractivity contribution in [1.29, 1.82) is 0 Å². The maximum atomic E-state index is 14.1. The number of fused-ring (bicyclic) bond motifs is 1. The minimum atomic E-state index is -0.882. The Bertz CT molecular complexity index is 2410. The zero-order chi connectivity index (χ0) is 35.5. The number of nitrogens with zero attached hydrogens (tertiary/aromatic N) is 7. The van der Waals surface area contributed by atoms with Crippen molar-refractivity contribution >= 4 is 11.0 Å². The molecule has 3 aromatic heterocycles. The standard InChI is InChI=1S/C43H36FN7O/c1-2-3-27-49-42(52)39-28-36(44)29-45-41(39)50(49)30-31-23-25-32(26-24-31)37-21-13-14-22-38(37)40-46-48-51(47-40)43(33-15-7-4-8-16-33,34-17-9-5-10-18-34)35-19-11-6-12-20-35/h4-26,28-29H,2-3,27,30H2,1H3. The summed E-state index contributed by atoms with van der Waals surface area (Å²) in [6.07, 6.45) is 2.92. The second-order valence-electron chi connectivity index (χ2n) is 12.8. The molecule has 8 nitrogen and oxygen atoms in total. The van der Waals surface area contributed by atoms with Gasteiger partial charge in [-0.3, -0.25) is 9.48 Å². The molecule has 0 aliphatic carbocycles. The lowest BCUT2D eigenvalue weighted by atomic mass is 9.77. The van der Waals surface area contributed by atoms with Crippen LogP contribution in [-0.4, -0.2) is 34.6 Å². The molecule has 0 unspecified atom stereocenters. The highest BCUT2D eigenvalue weighted by molar-refractivity contribution is 5.80. The van der Waals surface area contributed by atoms with E-state index in [-0.39, 0.29) is 10.9 Å². The molecule has 52 heavy (non-hydrogen) atoms. The number of unbranched alkanes of at least 4 members (excludes halogenated alkanes) is 1. The van der Waals surface area contributed by atoms with Gasteiger partial charge in [-0.2, -0.15) is 0 Å². The van der Waals surface area contributed by atoms with Crippen molar-refractivity contribution in [2.24, 2.45) is 0 Å². The van der Waals surface area contributed by atoms with Gasteiger partial charge in [0.15, 0.2) is 11.2 Å². The summed E-state index contributed by atoms with van der Waals surface area (Å²) in [6, 6.07) is 48.4. The summed E-state index contributed by atoms with van der Waals surface area (Å²) in [5, 5.41) is 14.9. The summed E-state index contributed by atoms with van der Waals surface area (Å²) in [4.78, 5) is 19.3. The van der Waals surface area contributed by atoms with Gasteiger partial charge in [0.1, 0.15) is 5.82 Å². The van der Waals surface area contributed by atoms with Gasteiger partial charge in [-0.1, -0.05) is 153 Å². The number of rotatable bonds is 11. The predicted molar refractivity (Wildman–Crippen MR) is 201 cm³/mol. The van der Waals surface area contributed by atoms with E-state index in [0.717, 1.165) is 58.0 Å². The Morgan fingerprint density at radius 3 is 1.87 bits per heavy atom. The Balaban J connectivity index is 1.18. The second-order valence-corrected chi connectivity index (χ2v) is 12.8. The highest BCUT2D eigenvalue weighted by atomic mass is 19.1. The fourth-order valence-electron chi connectivity index (χ4n) is 7.09. The Morgan fingerprint density at radius 1 is 0.692 bits per heavy atom. The first-order valence-corrected chi connectivity index (χ1v) is 17.5. The largest absolute Gasteiger partial charge is 0.276 e. The molecule has 0 saturated carbocycles. The van der Waals surface area contributed by atoms with Crippen molar-refractivity contribution in [3.05, 3.63) is 190 Å². The first kappa shape index (κ1) is 32.7. The molecule has 0 aliphatic heterocycles. The van der Waals surface area contributed by atoms with Gasteiger partial charge in [0, 0.05) is 12.1 Å². The van der Waals surface area contributed by atoms with Crippen LogP contribution in [0.2, 0.25) is 0 Å². The summed E-state index contributed by atoms with van der Waals surface area (Å²) in [5.74, 6) is -0.0169. The smallest absolute Gasteiger partial charge is 0.267 e.